The van der Waals surface area contributed by atoms with Gasteiger partial charge in [0.1, 0.15) is 0 Å². The Morgan fingerprint density at radius 3 is 2.48 bits per heavy atom. The maximum Gasteiger partial charge on any atom is 0.357 e. The van der Waals surface area contributed by atoms with Crippen LogP contribution in [-0.4, -0.2) is 36.7 Å². The number of fused-ring (bicyclic) bond motifs is 1. The van der Waals surface area contributed by atoms with Crippen LogP contribution in [0.15, 0.2) is 6.07 Å². The van der Waals surface area contributed by atoms with Gasteiger partial charge in [-0.25, -0.2) is 14.6 Å². The summed E-state index contributed by atoms with van der Waals surface area (Å²) in [5, 5.41) is 0. The van der Waals surface area contributed by atoms with Crippen molar-refractivity contribution < 1.29 is 23.8 Å². The van der Waals surface area contributed by atoms with Gasteiger partial charge in [0, 0.05) is 11.0 Å². The molecule has 0 amide bonds. The highest BCUT2D eigenvalue weighted by Gasteiger charge is 2.36. The fraction of sp³-hybridized carbons (Fsp3) is 0.533. The van der Waals surface area contributed by atoms with Gasteiger partial charge >= 0.3 is 11.9 Å². The molecule has 0 unspecified atom stereocenters. The molecular weight excluding hydrogens is 274 g/mol. The van der Waals surface area contributed by atoms with Crippen molar-refractivity contribution in [2.24, 2.45) is 0 Å². The Morgan fingerprint density at radius 1 is 1.24 bits per heavy atom. The van der Waals surface area contributed by atoms with E-state index in [2.05, 4.69) is 4.98 Å². The number of esters is 2. The summed E-state index contributed by atoms with van der Waals surface area (Å²) in [6, 6.07) is 1.62. The molecule has 0 spiro atoms. The third kappa shape index (κ3) is 2.84. The molecule has 0 aromatic carbocycles. The summed E-state index contributed by atoms with van der Waals surface area (Å²) < 4.78 is 15.4. The van der Waals surface area contributed by atoms with E-state index in [1.165, 1.54) is 0 Å². The van der Waals surface area contributed by atoms with Crippen LogP contribution in [0, 0.1) is 0 Å². The summed E-state index contributed by atoms with van der Waals surface area (Å²) in [4.78, 5) is 28.2. The molecule has 0 saturated carbocycles. The van der Waals surface area contributed by atoms with Crippen LogP contribution in [0.5, 0.6) is 5.88 Å². The van der Waals surface area contributed by atoms with E-state index >= 15 is 0 Å². The van der Waals surface area contributed by atoms with Crippen molar-refractivity contribution in [1.82, 2.24) is 4.98 Å². The minimum absolute atomic E-state index is 0.0632. The number of ether oxygens (including phenoxy) is 3. The Morgan fingerprint density at radius 2 is 1.86 bits per heavy atom. The molecule has 2 rings (SSSR count). The van der Waals surface area contributed by atoms with Gasteiger partial charge in [0.25, 0.3) is 0 Å². The maximum atomic E-state index is 12.1. The molecule has 0 saturated heterocycles. The van der Waals surface area contributed by atoms with E-state index in [0.717, 1.165) is 5.56 Å². The summed E-state index contributed by atoms with van der Waals surface area (Å²) >= 11 is 0. The number of carbonyl (C=O) groups excluding carboxylic acids is 2. The zero-order valence-corrected chi connectivity index (χ0v) is 12.7. The summed E-state index contributed by atoms with van der Waals surface area (Å²) in [7, 11) is 0. The standard InChI is InChI=1S/C15H19NO5/c1-5-19-13(17)9-7-10-12(21-8-15(10,3)4)16-11(9)14(18)20-6-2/h7H,5-6,8H2,1-4H3. The van der Waals surface area contributed by atoms with Crippen molar-refractivity contribution in [1.29, 1.82) is 0 Å². The van der Waals surface area contributed by atoms with Crippen LogP contribution < -0.4 is 4.74 Å². The second kappa shape index (κ2) is 5.71. The van der Waals surface area contributed by atoms with Gasteiger partial charge in [-0.15, -0.1) is 0 Å². The minimum atomic E-state index is -0.656. The monoisotopic (exact) mass is 293 g/mol. The van der Waals surface area contributed by atoms with Crippen LogP contribution >= 0.6 is 0 Å². The number of rotatable bonds is 4. The topological polar surface area (TPSA) is 74.7 Å². The lowest BCUT2D eigenvalue weighted by Crippen LogP contribution is -2.20. The third-order valence-corrected chi connectivity index (χ3v) is 3.25. The number of pyridine rings is 1. The van der Waals surface area contributed by atoms with Crippen molar-refractivity contribution in [3.05, 3.63) is 22.9 Å². The predicted octanol–water partition coefficient (Wildman–Crippen LogP) is 2.10. The fourth-order valence-corrected chi connectivity index (χ4v) is 2.14. The number of hydrogen-bond acceptors (Lipinski definition) is 6. The van der Waals surface area contributed by atoms with Crippen LogP contribution in [0.4, 0.5) is 0 Å². The second-order valence-electron chi connectivity index (χ2n) is 5.35. The summed E-state index contributed by atoms with van der Waals surface area (Å²) in [6.45, 7) is 8.23. The SMILES string of the molecule is CCOC(=O)c1cc2c(nc1C(=O)OCC)OCC2(C)C. The summed E-state index contributed by atoms with van der Waals surface area (Å²) in [6.07, 6.45) is 0. The minimum Gasteiger partial charge on any atom is -0.477 e. The van der Waals surface area contributed by atoms with Gasteiger partial charge in [-0.1, -0.05) is 13.8 Å². The fourth-order valence-electron chi connectivity index (χ4n) is 2.14. The zero-order valence-electron chi connectivity index (χ0n) is 12.7. The van der Waals surface area contributed by atoms with Crippen LogP contribution in [0.2, 0.25) is 0 Å². The van der Waals surface area contributed by atoms with E-state index in [4.69, 9.17) is 14.2 Å². The van der Waals surface area contributed by atoms with Crippen molar-refractivity contribution in [3.63, 3.8) is 0 Å². The molecule has 1 aromatic heterocycles. The normalized spacial score (nSPS) is 15.0. The number of aromatic nitrogens is 1. The Labute approximate surface area is 123 Å². The summed E-state index contributed by atoms with van der Waals surface area (Å²) in [5.41, 5.74) is 0.578. The van der Waals surface area contributed by atoms with Gasteiger partial charge in [-0.05, 0) is 19.9 Å². The maximum absolute atomic E-state index is 12.1. The van der Waals surface area contributed by atoms with Crippen molar-refractivity contribution in [2.75, 3.05) is 19.8 Å². The number of hydrogen-bond donors (Lipinski definition) is 0. The Bertz CT molecular complexity index is 580. The first-order chi connectivity index (χ1) is 9.90. The largest absolute Gasteiger partial charge is 0.477 e. The molecule has 0 atom stereocenters. The van der Waals surface area contributed by atoms with E-state index < -0.39 is 11.9 Å². The third-order valence-electron chi connectivity index (χ3n) is 3.25. The van der Waals surface area contributed by atoms with E-state index in [0.29, 0.717) is 12.5 Å². The Hall–Kier alpha value is -2.11. The van der Waals surface area contributed by atoms with Crippen molar-refractivity contribution in [2.45, 2.75) is 33.1 Å². The van der Waals surface area contributed by atoms with Gasteiger partial charge in [-0.2, -0.15) is 0 Å². The molecule has 0 fully saturated rings. The molecule has 0 N–H and O–H groups in total. The molecule has 6 nitrogen and oxygen atoms in total. The average Bonchev–Trinajstić information content (AvgIpc) is 2.73. The molecule has 1 aliphatic rings. The molecule has 2 heterocycles. The van der Waals surface area contributed by atoms with Crippen molar-refractivity contribution in [3.8, 4) is 5.88 Å². The Balaban J connectivity index is 2.54. The number of carbonyl (C=O) groups is 2. The highest BCUT2D eigenvalue weighted by atomic mass is 16.5. The first-order valence-electron chi connectivity index (χ1n) is 6.93. The van der Waals surface area contributed by atoms with E-state index in [1.807, 2.05) is 13.8 Å². The first-order valence-corrected chi connectivity index (χ1v) is 6.93. The molecule has 0 bridgehead atoms. The molecular formula is C15H19NO5. The highest BCUT2D eigenvalue weighted by molar-refractivity contribution is 6.02. The lowest BCUT2D eigenvalue weighted by molar-refractivity contribution is 0.0472. The van der Waals surface area contributed by atoms with E-state index in [-0.39, 0.29) is 29.9 Å². The molecule has 114 valence electrons. The molecule has 0 aliphatic carbocycles. The van der Waals surface area contributed by atoms with E-state index in [1.54, 1.807) is 19.9 Å². The van der Waals surface area contributed by atoms with Crippen LogP contribution in [0.1, 0.15) is 54.1 Å². The lowest BCUT2D eigenvalue weighted by Gasteiger charge is -2.16. The van der Waals surface area contributed by atoms with Gasteiger partial charge in [0.2, 0.25) is 5.88 Å². The second-order valence-corrected chi connectivity index (χ2v) is 5.35. The van der Waals surface area contributed by atoms with Crippen LogP contribution in [0.3, 0.4) is 0 Å². The van der Waals surface area contributed by atoms with E-state index in [9.17, 15) is 9.59 Å². The molecule has 1 aliphatic heterocycles. The number of nitrogens with zero attached hydrogens (tertiary/aromatic N) is 1. The average molecular weight is 293 g/mol. The van der Waals surface area contributed by atoms with Crippen LogP contribution in [0.25, 0.3) is 0 Å². The smallest absolute Gasteiger partial charge is 0.357 e. The highest BCUT2D eigenvalue weighted by Crippen LogP contribution is 2.38. The van der Waals surface area contributed by atoms with Gasteiger partial charge in [-0.3, -0.25) is 0 Å². The predicted molar refractivity (Wildman–Crippen MR) is 74.7 cm³/mol. The molecule has 0 radical (unpaired) electrons. The first kappa shape index (κ1) is 15.3. The molecule has 6 heteroatoms. The van der Waals surface area contributed by atoms with Gasteiger partial charge in [0.05, 0.1) is 25.4 Å². The molecule has 1 aromatic rings. The van der Waals surface area contributed by atoms with Gasteiger partial charge < -0.3 is 14.2 Å². The quantitative estimate of drug-likeness (QED) is 0.791. The summed E-state index contributed by atoms with van der Waals surface area (Å²) in [5.74, 6) is -0.869. The van der Waals surface area contributed by atoms with Crippen LogP contribution in [-0.2, 0) is 14.9 Å². The van der Waals surface area contributed by atoms with Gasteiger partial charge in [0.15, 0.2) is 5.69 Å². The molecule has 21 heavy (non-hydrogen) atoms. The Kier molecular flexibility index (Phi) is 4.16. The lowest BCUT2D eigenvalue weighted by atomic mass is 9.87. The van der Waals surface area contributed by atoms with Crippen molar-refractivity contribution >= 4 is 11.9 Å². The zero-order chi connectivity index (χ0) is 15.6.